The summed E-state index contributed by atoms with van der Waals surface area (Å²) in [7, 11) is 4.08. The van der Waals surface area contributed by atoms with Crippen molar-refractivity contribution in [1.29, 1.82) is 0 Å². The fraction of sp³-hybridized carbons (Fsp3) is 0.379. The van der Waals surface area contributed by atoms with Crippen molar-refractivity contribution in [1.82, 2.24) is 30.4 Å². The third-order valence-corrected chi connectivity index (χ3v) is 8.53. The number of fused-ring (bicyclic) bond motifs is 2. The highest BCUT2D eigenvalue weighted by molar-refractivity contribution is 6.35. The number of aromatic nitrogens is 4. The summed E-state index contributed by atoms with van der Waals surface area (Å²) >= 11 is 6.87. The monoisotopic (exact) mass is 562 g/mol. The number of anilines is 2. The molecule has 0 radical (unpaired) electrons. The lowest BCUT2D eigenvalue weighted by atomic mass is 9.93. The van der Waals surface area contributed by atoms with Crippen LogP contribution < -0.4 is 15.1 Å². The summed E-state index contributed by atoms with van der Waals surface area (Å²) in [5.74, 6) is 0.394. The van der Waals surface area contributed by atoms with Gasteiger partial charge in [0.2, 0.25) is 5.95 Å². The maximum atomic E-state index is 16.7. The number of halogens is 2. The quantitative estimate of drug-likeness (QED) is 0.341. The van der Waals surface area contributed by atoms with Crippen molar-refractivity contribution in [3.8, 4) is 11.1 Å². The van der Waals surface area contributed by atoms with Gasteiger partial charge >= 0.3 is 0 Å². The van der Waals surface area contributed by atoms with Gasteiger partial charge in [-0.3, -0.25) is 9.89 Å². The van der Waals surface area contributed by atoms with Gasteiger partial charge in [0.1, 0.15) is 11.3 Å². The van der Waals surface area contributed by atoms with Gasteiger partial charge in [0.15, 0.2) is 11.6 Å². The molecule has 2 aromatic carbocycles. The van der Waals surface area contributed by atoms with Crippen LogP contribution in [0.4, 0.5) is 16.2 Å². The number of benzene rings is 2. The Balaban J connectivity index is 1.56. The molecule has 4 aromatic rings. The Morgan fingerprint density at radius 1 is 1.25 bits per heavy atom. The predicted molar refractivity (Wildman–Crippen MR) is 158 cm³/mol. The predicted octanol–water partition coefficient (Wildman–Crippen LogP) is 3.95. The molecule has 4 heterocycles. The number of carbonyl (C=O) groups excluding carboxylic acids is 1. The molecule has 0 bridgehead atoms. The molecule has 2 aliphatic rings. The molecule has 6 rings (SSSR count). The molecule has 2 aliphatic heterocycles. The molecule has 0 spiro atoms. The fourth-order valence-electron chi connectivity index (χ4n) is 5.72. The van der Waals surface area contributed by atoms with Crippen LogP contribution in [0.2, 0.25) is 5.02 Å². The first-order chi connectivity index (χ1) is 19.1. The Bertz CT molecular complexity index is 1660. The lowest BCUT2D eigenvalue weighted by Gasteiger charge is -2.44. The van der Waals surface area contributed by atoms with Crippen LogP contribution in [0, 0.1) is 12.7 Å². The van der Waals surface area contributed by atoms with E-state index >= 15 is 4.39 Å². The number of carbonyl (C=O) groups is 1. The lowest BCUT2D eigenvalue weighted by Crippen LogP contribution is -2.63. The van der Waals surface area contributed by atoms with Crippen LogP contribution in [-0.4, -0.2) is 89.2 Å². The highest BCUT2D eigenvalue weighted by atomic mass is 35.5. The average Bonchev–Trinajstić information content (AvgIpc) is 3.37. The third-order valence-electron chi connectivity index (χ3n) is 8.24. The van der Waals surface area contributed by atoms with Crippen molar-refractivity contribution in [3.05, 3.63) is 53.5 Å². The summed E-state index contributed by atoms with van der Waals surface area (Å²) in [4.78, 5) is 28.7. The van der Waals surface area contributed by atoms with Gasteiger partial charge < -0.3 is 20.0 Å². The Hall–Kier alpha value is -3.60. The molecule has 2 aromatic heterocycles. The van der Waals surface area contributed by atoms with Gasteiger partial charge in [-0.05, 0) is 45.6 Å². The SMILES string of the molecule is C=CC(=O)C1(C)CN(c2nc(N3CC(N(C)C)C3)nc3c(F)c(-c4c(C)ccc5cn[nH]c45)c(Cl)cc23)CCN1. The van der Waals surface area contributed by atoms with Crippen molar-refractivity contribution in [2.24, 2.45) is 0 Å². The van der Waals surface area contributed by atoms with Crippen molar-refractivity contribution in [2.45, 2.75) is 25.4 Å². The second-order valence-electron chi connectivity index (χ2n) is 11.2. The summed E-state index contributed by atoms with van der Waals surface area (Å²) in [6, 6.07) is 5.99. The van der Waals surface area contributed by atoms with E-state index < -0.39 is 11.4 Å². The number of hydrogen-bond donors (Lipinski definition) is 2. The number of H-pyrrole nitrogens is 1. The summed E-state index contributed by atoms with van der Waals surface area (Å²) in [5, 5.41) is 12.1. The second kappa shape index (κ2) is 9.79. The smallest absolute Gasteiger partial charge is 0.228 e. The van der Waals surface area contributed by atoms with E-state index in [2.05, 4.69) is 31.9 Å². The highest BCUT2D eigenvalue weighted by Crippen LogP contribution is 2.42. The van der Waals surface area contributed by atoms with Crippen LogP contribution in [0.5, 0.6) is 0 Å². The minimum atomic E-state index is -0.847. The van der Waals surface area contributed by atoms with Crippen LogP contribution in [0.1, 0.15) is 12.5 Å². The third kappa shape index (κ3) is 4.22. The zero-order valence-corrected chi connectivity index (χ0v) is 23.8. The van der Waals surface area contributed by atoms with Crippen molar-refractivity contribution < 1.29 is 9.18 Å². The highest BCUT2D eigenvalue weighted by Gasteiger charge is 2.38. The number of ketones is 1. The van der Waals surface area contributed by atoms with Crippen molar-refractivity contribution in [3.63, 3.8) is 0 Å². The molecule has 0 aliphatic carbocycles. The van der Waals surface area contributed by atoms with E-state index in [4.69, 9.17) is 21.6 Å². The minimum absolute atomic E-state index is 0.109. The summed E-state index contributed by atoms with van der Waals surface area (Å²) < 4.78 is 16.7. The van der Waals surface area contributed by atoms with Gasteiger partial charge in [0.05, 0.1) is 22.3 Å². The van der Waals surface area contributed by atoms with E-state index in [0.29, 0.717) is 53.9 Å². The topological polar surface area (TPSA) is 93.3 Å². The molecule has 0 saturated carbocycles. The van der Waals surface area contributed by atoms with E-state index in [9.17, 15) is 4.79 Å². The maximum Gasteiger partial charge on any atom is 0.228 e. The van der Waals surface area contributed by atoms with Gasteiger partial charge in [-0.25, -0.2) is 9.37 Å². The molecule has 2 saturated heterocycles. The van der Waals surface area contributed by atoms with E-state index in [1.807, 2.05) is 45.0 Å². The molecule has 1 atom stereocenters. The lowest BCUT2D eigenvalue weighted by molar-refractivity contribution is -0.120. The van der Waals surface area contributed by atoms with Gasteiger partial charge in [-0.2, -0.15) is 10.1 Å². The number of rotatable bonds is 6. The van der Waals surface area contributed by atoms with E-state index in [1.165, 1.54) is 6.08 Å². The zero-order chi connectivity index (χ0) is 28.3. The maximum absolute atomic E-state index is 16.7. The first-order valence-electron chi connectivity index (χ1n) is 13.3. The zero-order valence-electron chi connectivity index (χ0n) is 23.1. The Morgan fingerprint density at radius 3 is 2.75 bits per heavy atom. The summed E-state index contributed by atoms with van der Waals surface area (Å²) in [6.07, 6.45) is 3.04. The molecule has 2 N–H and O–H groups in total. The number of aromatic amines is 1. The fourth-order valence-corrected chi connectivity index (χ4v) is 6.01. The second-order valence-corrected chi connectivity index (χ2v) is 11.6. The van der Waals surface area contributed by atoms with Crippen LogP contribution in [-0.2, 0) is 4.79 Å². The van der Waals surface area contributed by atoms with Crippen LogP contribution >= 0.6 is 11.6 Å². The summed E-state index contributed by atoms with van der Waals surface area (Å²) in [6.45, 7) is 10.4. The Morgan fingerprint density at radius 2 is 2.02 bits per heavy atom. The molecule has 11 heteroatoms. The minimum Gasteiger partial charge on any atom is -0.352 e. The molecule has 1 unspecified atom stereocenters. The van der Waals surface area contributed by atoms with Crippen molar-refractivity contribution >= 4 is 51.0 Å². The van der Waals surface area contributed by atoms with E-state index in [1.54, 1.807) is 12.3 Å². The molecule has 40 heavy (non-hydrogen) atoms. The first-order valence-corrected chi connectivity index (χ1v) is 13.7. The molecular formula is C29H32ClFN8O. The van der Waals surface area contributed by atoms with Crippen molar-refractivity contribution in [2.75, 3.05) is 56.6 Å². The molecular weight excluding hydrogens is 531 g/mol. The van der Waals surface area contributed by atoms with E-state index in [0.717, 1.165) is 24.0 Å². The molecule has 208 valence electrons. The summed E-state index contributed by atoms with van der Waals surface area (Å²) in [5.41, 5.74) is 1.86. The number of likely N-dealkylation sites (N-methyl/N-ethyl adjacent to an activating group) is 1. The largest absolute Gasteiger partial charge is 0.352 e. The number of nitrogens with one attached hydrogen (secondary N) is 2. The van der Waals surface area contributed by atoms with E-state index in [-0.39, 0.29) is 21.9 Å². The number of piperazine rings is 1. The molecule has 9 nitrogen and oxygen atoms in total. The van der Waals surface area contributed by atoms with Crippen LogP contribution in [0.25, 0.3) is 32.9 Å². The van der Waals surface area contributed by atoms with Gasteiger partial charge in [-0.1, -0.05) is 30.3 Å². The van der Waals surface area contributed by atoms with Gasteiger partial charge in [0.25, 0.3) is 0 Å². The normalized spacial score (nSPS) is 20.0. The first kappa shape index (κ1) is 26.6. The molecule has 2 fully saturated rings. The van der Waals surface area contributed by atoms with Crippen LogP contribution in [0.3, 0.4) is 0 Å². The number of nitrogens with zero attached hydrogens (tertiary/aromatic N) is 6. The van der Waals surface area contributed by atoms with Gasteiger partial charge in [0, 0.05) is 60.7 Å². The number of hydrogen-bond acceptors (Lipinski definition) is 8. The molecule has 0 amide bonds. The standard InChI is InChI=1S/C29H32ClFN8O/c1-6-21(40)29(3)15-38(10-9-32-29)27-19-11-20(30)23(22-16(2)7-8-17-12-33-36-25(17)22)24(31)26(19)34-28(35-27)39-13-18(14-39)37(4)5/h6-8,11-12,18,32H,1,9-10,13-15H2,2-5H3,(H,33,36). The van der Waals surface area contributed by atoms with Crippen LogP contribution in [0.15, 0.2) is 37.1 Å². The average molecular weight is 563 g/mol. The number of aryl methyl sites for hydroxylation is 1. The Kier molecular flexibility index (Phi) is 6.52. The van der Waals surface area contributed by atoms with Gasteiger partial charge in [-0.15, -0.1) is 0 Å². The Labute approximate surface area is 237 Å².